The molecule has 0 aliphatic carbocycles. The highest BCUT2D eigenvalue weighted by Gasteiger charge is 2.31. The van der Waals surface area contributed by atoms with E-state index in [0.29, 0.717) is 13.0 Å². The van der Waals surface area contributed by atoms with E-state index >= 15 is 0 Å². The molecule has 0 spiro atoms. The van der Waals surface area contributed by atoms with Gasteiger partial charge in [0, 0.05) is 38.4 Å². The second kappa shape index (κ2) is 4.63. The molecule has 6 heteroatoms. The molecule has 1 aliphatic heterocycles. The fourth-order valence-electron chi connectivity index (χ4n) is 1.77. The number of nitrogens with zero attached hydrogens (tertiary/aromatic N) is 3. The summed E-state index contributed by atoms with van der Waals surface area (Å²) in [5.74, 6) is -0.0516. The maximum Gasteiger partial charge on any atom is 0.224 e. The van der Waals surface area contributed by atoms with E-state index in [1.54, 1.807) is 18.7 Å². The van der Waals surface area contributed by atoms with Crippen molar-refractivity contribution >= 4 is 5.91 Å². The molecule has 6 nitrogen and oxygen atoms in total. The molecule has 0 bridgehead atoms. The molecular formula is C10H15N3O3. The first-order chi connectivity index (χ1) is 7.66. The number of β-amino-alcohol motifs (C(OH)–C–C–N with tert-alkyl or cyclic N) is 2. The van der Waals surface area contributed by atoms with Gasteiger partial charge < -0.3 is 19.7 Å². The molecule has 2 N–H and O–H groups in total. The molecule has 1 fully saturated rings. The summed E-state index contributed by atoms with van der Waals surface area (Å²) in [7, 11) is 0. The Balaban J connectivity index is 1.80. The van der Waals surface area contributed by atoms with Crippen LogP contribution < -0.4 is 0 Å². The number of aliphatic hydroxyl groups is 2. The normalized spacial score (nSPS) is 25.0. The summed E-state index contributed by atoms with van der Waals surface area (Å²) in [6, 6.07) is 0. The SMILES string of the molecule is O=C(CCn1ccnc1)N1CC(O)C(O)C1. The fraction of sp³-hybridized carbons (Fsp3) is 0.600. The zero-order valence-electron chi connectivity index (χ0n) is 8.86. The summed E-state index contributed by atoms with van der Waals surface area (Å²) < 4.78 is 1.82. The number of carbonyl (C=O) groups is 1. The quantitative estimate of drug-likeness (QED) is 0.680. The van der Waals surface area contributed by atoms with Gasteiger partial charge in [-0.2, -0.15) is 0 Å². The van der Waals surface area contributed by atoms with E-state index in [9.17, 15) is 15.0 Å². The Morgan fingerprint density at radius 2 is 2.06 bits per heavy atom. The molecule has 88 valence electrons. The van der Waals surface area contributed by atoms with Gasteiger partial charge in [-0.1, -0.05) is 0 Å². The monoisotopic (exact) mass is 225 g/mol. The largest absolute Gasteiger partial charge is 0.388 e. The highest BCUT2D eigenvalue weighted by molar-refractivity contribution is 5.76. The molecule has 2 unspecified atom stereocenters. The summed E-state index contributed by atoms with van der Waals surface area (Å²) >= 11 is 0. The van der Waals surface area contributed by atoms with Crippen LogP contribution in [0.25, 0.3) is 0 Å². The predicted molar refractivity (Wildman–Crippen MR) is 55.4 cm³/mol. The van der Waals surface area contributed by atoms with Crippen LogP contribution in [0.15, 0.2) is 18.7 Å². The van der Waals surface area contributed by atoms with Crippen LogP contribution in [0.3, 0.4) is 0 Å². The molecule has 2 atom stereocenters. The van der Waals surface area contributed by atoms with Crippen molar-refractivity contribution < 1.29 is 15.0 Å². The zero-order chi connectivity index (χ0) is 11.5. The van der Waals surface area contributed by atoms with Crippen molar-refractivity contribution in [1.29, 1.82) is 0 Å². The predicted octanol–water partition coefficient (Wildman–Crippen LogP) is -1.16. The van der Waals surface area contributed by atoms with Gasteiger partial charge in [0.2, 0.25) is 5.91 Å². The Labute approximate surface area is 93.1 Å². The maximum absolute atomic E-state index is 11.7. The summed E-state index contributed by atoms with van der Waals surface area (Å²) in [5.41, 5.74) is 0. The third-order valence-corrected chi connectivity index (χ3v) is 2.75. The molecule has 1 aromatic heterocycles. The van der Waals surface area contributed by atoms with Gasteiger partial charge in [-0.15, -0.1) is 0 Å². The molecule has 2 heterocycles. The van der Waals surface area contributed by atoms with Crippen LogP contribution in [0, 0.1) is 0 Å². The van der Waals surface area contributed by atoms with Crippen LogP contribution in [0.2, 0.25) is 0 Å². The lowest BCUT2D eigenvalue weighted by molar-refractivity contribution is -0.130. The van der Waals surface area contributed by atoms with Gasteiger partial charge in [0.1, 0.15) is 0 Å². The molecule has 1 saturated heterocycles. The average Bonchev–Trinajstić information content (AvgIpc) is 2.86. The van der Waals surface area contributed by atoms with Crippen molar-refractivity contribution in [2.45, 2.75) is 25.2 Å². The second-order valence-electron chi connectivity index (χ2n) is 3.98. The topological polar surface area (TPSA) is 78.6 Å². The van der Waals surface area contributed by atoms with Gasteiger partial charge >= 0.3 is 0 Å². The summed E-state index contributed by atoms with van der Waals surface area (Å²) in [6.07, 6.45) is 3.85. The van der Waals surface area contributed by atoms with Gasteiger partial charge in [-0.3, -0.25) is 4.79 Å². The highest BCUT2D eigenvalue weighted by atomic mass is 16.3. The van der Waals surface area contributed by atoms with E-state index in [-0.39, 0.29) is 19.0 Å². The van der Waals surface area contributed by atoms with E-state index < -0.39 is 12.2 Å². The maximum atomic E-state index is 11.7. The van der Waals surface area contributed by atoms with Crippen molar-refractivity contribution in [3.05, 3.63) is 18.7 Å². The van der Waals surface area contributed by atoms with Crippen molar-refractivity contribution in [2.24, 2.45) is 0 Å². The number of hydrogen-bond donors (Lipinski definition) is 2. The van der Waals surface area contributed by atoms with Crippen molar-refractivity contribution in [3.63, 3.8) is 0 Å². The van der Waals surface area contributed by atoms with Gasteiger partial charge in [0.25, 0.3) is 0 Å². The molecule has 16 heavy (non-hydrogen) atoms. The molecule has 0 radical (unpaired) electrons. The molecule has 1 aromatic rings. The summed E-state index contributed by atoms with van der Waals surface area (Å²) in [6.45, 7) is 1.02. The first-order valence-electron chi connectivity index (χ1n) is 5.26. The van der Waals surface area contributed by atoms with Gasteiger partial charge in [0.05, 0.1) is 18.5 Å². The Bertz CT molecular complexity index is 342. The molecule has 0 saturated carbocycles. The third-order valence-electron chi connectivity index (χ3n) is 2.75. The Morgan fingerprint density at radius 3 is 2.62 bits per heavy atom. The number of aliphatic hydroxyl groups excluding tert-OH is 2. The van der Waals surface area contributed by atoms with Crippen LogP contribution in [-0.2, 0) is 11.3 Å². The first-order valence-corrected chi connectivity index (χ1v) is 5.26. The molecule has 1 amide bonds. The molecule has 0 aromatic carbocycles. The second-order valence-corrected chi connectivity index (χ2v) is 3.98. The first kappa shape index (κ1) is 11.1. The zero-order valence-corrected chi connectivity index (χ0v) is 8.86. The summed E-state index contributed by atoms with van der Waals surface area (Å²) in [4.78, 5) is 17.1. The smallest absolute Gasteiger partial charge is 0.224 e. The van der Waals surface area contributed by atoms with Crippen LogP contribution in [0.5, 0.6) is 0 Å². The Hall–Kier alpha value is -1.40. The molecular weight excluding hydrogens is 210 g/mol. The van der Waals surface area contributed by atoms with Crippen LogP contribution in [0.1, 0.15) is 6.42 Å². The van der Waals surface area contributed by atoms with Crippen LogP contribution in [-0.4, -0.2) is 55.9 Å². The molecule has 1 aliphatic rings. The van der Waals surface area contributed by atoms with E-state index in [0.717, 1.165) is 0 Å². The van der Waals surface area contributed by atoms with E-state index in [1.165, 1.54) is 4.90 Å². The van der Waals surface area contributed by atoms with Gasteiger partial charge in [0.15, 0.2) is 0 Å². The van der Waals surface area contributed by atoms with Crippen molar-refractivity contribution in [2.75, 3.05) is 13.1 Å². The average molecular weight is 225 g/mol. The lowest BCUT2D eigenvalue weighted by atomic mass is 10.3. The standard InChI is InChI=1S/C10H15N3O3/c14-8-5-13(6-9(8)15)10(16)1-3-12-4-2-11-7-12/h2,4,7-9,14-15H,1,3,5-6H2. The highest BCUT2D eigenvalue weighted by Crippen LogP contribution is 2.11. The third kappa shape index (κ3) is 2.40. The minimum Gasteiger partial charge on any atom is -0.388 e. The van der Waals surface area contributed by atoms with E-state index in [1.807, 2.05) is 4.57 Å². The van der Waals surface area contributed by atoms with Crippen LogP contribution >= 0.6 is 0 Å². The number of hydrogen-bond acceptors (Lipinski definition) is 4. The van der Waals surface area contributed by atoms with Crippen molar-refractivity contribution in [3.8, 4) is 0 Å². The Morgan fingerprint density at radius 1 is 1.38 bits per heavy atom. The van der Waals surface area contributed by atoms with Crippen molar-refractivity contribution in [1.82, 2.24) is 14.5 Å². The number of amides is 1. The number of likely N-dealkylation sites (tertiary alicyclic amines) is 1. The number of aromatic nitrogens is 2. The fourth-order valence-corrected chi connectivity index (χ4v) is 1.77. The van der Waals surface area contributed by atoms with Gasteiger partial charge in [-0.25, -0.2) is 4.98 Å². The number of carbonyl (C=O) groups excluding carboxylic acids is 1. The number of imidazole rings is 1. The Kier molecular flexibility index (Phi) is 3.21. The number of aryl methyl sites for hydroxylation is 1. The minimum atomic E-state index is -0.808. The van der Waals surface area contributed by atoms with Gasteiger partial charge in [-0.05, 0) is 0 Å². The number of rotatable bonds is 3. The lowest BCUT2D eigenvalue weighted by Crippen LogP contribution is -2.30. The van der Waals surface area contributed by atoms with E-state index in [2.05, 4.69) is 4.98 Å². The minimum absolute atomic E-state index is 0.0516. The van der Waals surface area contributed by atoms with E-state index in [4.69, 9.17) is 0 Å². The molecule has 2 rings (SSSR count). The summed E-state index contributed by atoms with van der Waals surface area (Å²) in [5, 5.41) is 18.6. The lowest BCUT2D eigenvalue weighted by Gasteiger charge is -2.15. The van der Waals surface area contributed by atoms with Crippen LogP contribution in [0.4, 0.5) is 0 Å².